The number of hydrogen-bond donors (Lipinski definition) is 2. The summed E-state index contributed by atoms with van der Waals surface area (Å²) < 4.78 is 12.8. The van der Waals surface area contributed by atoms with E-state index in [0.717, 1.165) is 17.1 Å². The minimum absolute atomic E-state index is 0.324. The lowest BCUT2D eigenvalue weighted by molar-refractivity contribution is 0.628. The molecule has 3 N–H and O–H groups in total. The highest BCUT2D eigenvalue weighted by Gasteiger charge is 2.03. The molecule has 2 aromatic rings. The minimum Gasteiger partial charge on any atom is -0.397 e. The molecule has 0 radical (unpaired) electrons. The highest BCUT2D eigenvalue weighted by Crippen LogP contribution is 2.21. The van der Waals surface area contributed by atoms with Crippen LogP contribution < -0.4 is 11.1 Å². The lowest BCUT2D eigenvalue weighted by Crippen LogP contribution is -2.02. The maximum atomic E-state index is 12.8. The number of aryl methyl sites for hydroxylation is 1. The van der Waals surface area contributed by atoms with E-state index in [0.29, 0.717) is 12.2 Å². The predicted molar refractivity (Wildman–Crippen MR) is 69.6 cm³/mol. The fourth-order valence-corrected chi connectivity index (χ4v) is 2.26. The van der Waals surface area contributed by atoms with Gasteiger partial charge in [0.2, 0.25) is 0 Å². The van der Waals surface area contributed by atoms with E-state index in [4.69, 9.17) is 5.73 Å². The fraction of sp³-hybridized carbons (Fsp3) is 0.250. The molecule has 0 saturated carbocycles. The number of aromatic nitrogens is 1. The Morgan fingerprint density at radius 1 is 1.47 bits per heavy atom. The first-order chi connectivity index (χ1) is 8.19. The van der Waals surface area contributed by atoms with Gasteiger partial charge in [0.1, 0.15) is 10.8 Å². The number of nitrogens with zero attached hydrogens (tertiary/aromatic N) is 1. The Labute approximate surface area is 103 Å². The predicted octanol–water partition coefficient (Wildman–Crippen LogP) is 3.04. The molecule has 0 aliphatic rings. The zero-order valence-corrected chi connectivity index (χ0v) is 10.4. The molecule has 0 spiro atoms. The van der Waals surface area contributed by atoms with Crippen LogP contribution >= 0.6 is 11.3 Å². The van der Waals surface area contributed by atoms with Crippen molar-refractivity contribution in [3.8, 4) is 0 Å². The lowest BCUT2D eigenvalue weighted by Gasteiger charge is -2.07. The van der Waals surface area contributed by atoms with Gasteiger partial charge in [0.15, 0.2) is 0 Å². The van der Waals surface area contributed by atoms with Crippen LogP contribution in [0.25, 0.3) is 0 Å². The topological polar surface area (TPSA) is 50.9 Å². The molecular weight excluding hydrogens is 237 g/mol. The summed E-state index contributed by atoms with van der Waals surface area (Å²) in [6.07, 6.45) is 2.88. The molecule has 90 valence electrons. The number of nitrogens with two attached hydrogens (primary N) is 1. The van der Waals surface area contributed by atoms with E-state index < -0.39 is 0 Å². The third kappa shape index (κ3) is 2.94. The van der Waals surface area contributed by atoms with Crippen LogP contribution in [-0.2, 0) is 13.0 Å². The van der Waals surface area contributed by atoms with E-state index in [1.165, 1.54) is 17.0 Å². The second kappa shape index (κ2) is 5.14. The first kappa shape index (κ1) is 11.9. The SMILES string of the molecule is CCc1cnc(CNc2ccc(F)cc2N)s1. The van der Waals surface area contributed by atoms with Gasteiger partial charge in [-0.1, -0.05) is 6.92 Å². The molecule has 1 aromatic heterocycles. The second-order valence-electron chi connectivity index (χ2n) is 3.66. The molecule has 3 nitrogen and oxygen atoms in total. The van der Waals surface area contributed by atoms with Crippen molar-refractivity contribution in [2.75, 3.05) is 11.1 Å². The van der Waals surface area contributed by atoms with E-state index >= 15 is 0 Å². The van der Waals surface area contributed by atoms with Crippen molar-refractivity contribution in [1.82, 2.24) is 4.98 Å². The molecule has 0 saturated heterocycles. The molecule has 0 bridgehead atoms. The highest BCUT2D eigenvalue weighted by atomic mass is 32.1. The zero-order valence-electron chi connectivity index (χ0n) is 9.53. The first-order valence-electron chi connectivity index (χ1n) is 5.41. The average Bonchev–Trinajstić information content (AvgIpc) is 2.76. The van der Waals surface area contributed by atoms with Crippen LogP contribution in [0.5, 0.6) is 0 Å². The molecule has 2 rings (SSSR count). The normalized spacial score (nSPS) is 10.5. The zero-order chi connectivity index (χ0) is 12.3. The molecule has 5 heteroatoms. The van der Waals surface area contributed by atoms with E-state index in [1.807, 2.05) is 6.20 Å². The van der Waals surface area contributed by atoms with E-state index in [9.17, 15) is 4.39 Å². The van der Waals surface area contributed by atoms with Crippen molar-refractivity contribution in [3.05, 3.63) is 40.1 Å². The Hall–Kier alpha value is -1.62. The van der Waals surface area contributed by atoms with Crippen LogP contribution in [0.4, 0.5) is 15.8 Å². The first-order valence-corrected chi connectivity index (χ1v) is 6.23. The summed E-state index contributed by atoms with van der Waals surface area (Å²) in [5.74, 6) is -0.324. The number of anilines is 2. The van der Waals surface area contributed by atoms with Crippen LogP contribution in [0, 0.1) is 5.82 Å². The molecule has 0 atom stereocenters. The van der Waals surface area contributed by atoms with Crippen molar-refractivity contribution >= 4 is 22.7 Å². The summed E-state index contributed by atoms with van der Waals surface area (Å²) in [7, 11) is 0. The number of benzene rings is 1. The Kier molecular flexibility index (Phi) is 3.58. The number of halogens is 1. The van der Waals surface area contributed by atoms with Gasteiger partial charge in [-0.05, 0) is 24.6 Å². The molecule has 0 aliphatic carbocycles. The van der Waals surface area contributed by atoms with Gasteiger partial charge in [-0.25, -0.2) is 9.37 Å². The summed E-state index contributed by atoms with van der Waals surface area (Å²) in [5.41, 5.74) is 6.85. The summed E-state index contributed by atoms with van der Waals surface area (Å²) in [5, 5.41) is 4.16. The lowest BCUT2D eigenvalue weighted by atomic mass is 10.2. The molecule has 1 aromatic carbocycles. The molecule has 0 aliphatic heterocycles. The van der Waals surface area contributed by atoms with Crippen LogP contribution in [0.3, 0.4) is 0 Å². The third-order valence-corrected chi connectivity index (χ3v) is 3.54. The Balaban J connectivity index is 2.02. The van der Waals surface area contributed by atoms with Crippen molar-refractivity contribution < 1.29 is 4.39 Å². The smallest absolute Gasteiger partial charge is 0.125 e. The molecule has 17 heavy (non-hydrogen) atoms. The maximum Gasteiger partial charge on any atom is 0.125 e. The molecule has 0 fully saturated rings. The van der Waals surface area contributed by atoms with Gasteiger partial charge in [0.05, 0.1) is 17.9 Å². The van der Waals surface area contributed by atoms with Gasteiger partial charge in [-0.3, -0.25) is 0 Å². The minimum atomic E-state index is -0.324. The van der Waals surface area contributed by atoms with Crippen molar-refractivity contribution in [1.29, 1.82) is 0 Å². The van der Waals surface area contributed by atoms with E-state index in [1.54, 1.807) is 17.4 Å². The Morgan fingerprint density at radius 2 is 2.29 bits per heavy atom. The van der Waals surface area contributed by atoms with Crippen molar-refractivity contribution in [3.63, 3.8) is 0 Å². The number of rotatable bonds is 4. The highest BCUT2D eigenvalue weighted by molar-refractivity contribution is 7.11. The van der Waals surface area contributed by atoms with E-state index in [2.05, 4.69) is 17.2 Å². The third-order valence-electron chi connectivity index (χ3n) is 2.39. The molecule has 0 unspecified atom stereocenters. The average molecular weight is 251 g/mol. The summed E-state index contributed by atoms with van der Waals surface area (Å²) in [6.45, 7) is 2.71. The maximum absolute atomic E-state index is 12.8. The van der Waals surface area contributed by atoms with E-state index in [-0.39, 0.29) is 5.82 Å². The molecule has 1 heterocycles. The van der Waals surface area contributed by atoms with Crippen LogP contribution in [0.1, 0.15) is 16.8 Å². The number of nitrogens with one attached hydrogen (secondary N) is 1. The van der Waals surface area contributed by atoms with Crippen molar-refractivity contribution in [2.24, 2.45) is 0 Å². The van der Waals surface area contributed by atoms with Crippen LogP contribution in [0.2, 0.25) is 0 Å². The standard InChI is InChI=1S/C12H14FN3S/c1-2-9-6-16-12(17-9)7-15-11-4-3-8(13)5-10(11)14/h3-6,15H,2,7,14H2,1H3. The van der Waals surface area contributed by atoms with Gasteiger partial charge in [0.25, 0.3) is 0 Å². The second-order valence-corrected chi connectivity index (χ2v) is 4.86. The monoisotopic (exact) mass is 251 g/mol. The number of hydrogen-bond acceptors (Lipinski definition) is 4. The van der Waals surface area contributed by atoms with Gasteiger partial charge >= 0.3 is 0 Å². The quantitative estimate of drug-likeness (QED) is 0.821. The summed E-state index contributed by atoms with van der Waals surface area (Å²) >= 11 is 1.67. The fourth-order valence-electron chi connectivity index (χ4n) is 1.46. The van der Waals surface area contributed by atoms with Gasteiger partial charge in [-0.2, -0.15) is 0 Å². The van der Waals surface area contributed by atoms with Gasteiger partial charge in [0, 0.05) is 11.1 Å². The largest absolute Gasteiger partial charge is 0.397 e. The Morgan fingerprint density at radius 3 is 2.94 bits per heavy atom. The molecule has 0 amide bonds. The number of thiazole rings is 1. The number of nitrogen functional groups attached to an aromatic ring is 1. The van der Waals surface area contributed by atoms with Gasteiger partial charge < -0.3 is 11.1 Å². The van der Waals surface area contributed by atoms with Gasteiger partial charge in [-0.15, -0.1) is 11.3 Å². The van der Waals surface area contributed by atoms with Crippen LogP contribution in [-0.4, -0.2) is 4.98 Å². The Bertz CT molecular complexity index is 510. The van der Waals surface area contributed by atoms with Crippen molar-refractivity contribution in [2.45, 2.75) is 19.9 Å². The molecular formula is C12H14FN3S. The van der Waals surface area contributed by atoms with Crippen LogP contribution in [0.15, 0.2) is 24.4 Å². The summed E-state index contributed by atoms with van der Waals surface area (Å²) in [6, 6.07) is 4.33. The summed E-state index contributed by atoms with van der Waals surface area (Å²) in [4.78, 5) is 5.55.